The van der Waals surface area contributed by atoms with Gasteiger partial charge in [0.15, 0.2) is 0 Å². The molecule has 1 aromatic carbocycles. The van der Waals surface area contributed by atoms with Crippen LogP contribution < -0.4 is 4.90 Å². The van der Waals surface area contributed by atoms with Gasteiger partial charge in [0.1, 0.15) is 5.02 Å². The predicted molar refractivity (Wildman–Crippen MR) is 75.1 cm³/mol. The van der Waals surface area contributed by atoms with E-state index in [2.05, 4.69) is 4.98 Å². The molecule has 2 aromatic rings. The summed E-state index contributed by atoms with van der Waals surface area (Å²) in [4.78, 5) is 27.8. The third-order valence-corrected chi connectivity index (χ3v) is 3.14. The van der Waals surface area contributed by atoms with Crippen molar-refractivity contribution < 1.29 is 9.72 Å². The molecule has 20 heavy (non-hydrogen) atoms. The van der Waals surface area contributed by atoms with Crippen molar-refractivity contribution in [2.75, 3.05) is 11.9 Å². The smallest absolute Gasteiger partial charge is 0.288 e. The SMILES string of the molecule is CN(C(=O)c1cccc([N+](=O)[O-])c1Cl)c1cccnc1. The Morgan fingerprint density at radius 3 is 2.70 bits per heavy atom. The molecular weight excluding hydrogens is 282 g/mol. The summed E-state index contributed by atoms with van der Waals surface area (Å²) >= 11 is 5.93. The van der Waals surface area contributed by atoms with E-state index in [-0.39, 0.29) is 16.3 Å². The first-order valence-electron chi connectivity index (χ1n) is 5.63. The number of nitrogens with zero attached hydrogens (tertiary/aromatic N) is 3. The number of aromatic nitrogens is 1. The van der Waals surface area contributed by atoms with Crippen molar-refractivity contribution >= 4 is 28.9 Å². The van der Waals surface area contributed by atoms with E-state index in [1.54, 1.807) is 25.4 Å². The van der Waals surface area contributed by atoms with Crippen LogP contribution in [0.4, 0.5) is 11.4 Å². The highest BCUT2D eigenvalue weighted by Gasteiger charge is 2.22. The molecule has 0 bridgehead atoms. The number of carbonyl (C=O) groups excluding carboxylic acids is 1. The normalized spacial score (nSPS) is 10.1. The fourth-order valence-corrected chi connectivity index (χ4v) is 1.95. The van der Waals surface area contributed by atoms with Crippen LogP contribution in [0.3, 0.4) is 0 Å². The molecule has 0 fully saturated rings. The van der Waals surface area contributed by atoms with E-state index in [9.17, 15) is 14.9 Å². The summed E-state index contributed by atoms with van der Waals surface area (Å²) < 4.78 is 0. The maximum absolute atomic E-state index is 12.3. The Morgan fingerprint density at radius 2 is 2.10 bits per heavy atom. The molecule has 0 N–H and O–H groups in total. The number of pyridine rings is 1. The third-order valence-electron chi connectivity index (χ3n) is 2.74. The average molecular weight is 292 g/mol. The summed E-state index contributed by atoms with van der Waals surface area (Å²) in [6.45, 7) is 0. The Labute approximate surface area is 119 Å². The van der Waals surface area contributed by atoms with Crippen LogP contribution in [0.25, 0.3) is 0 Å². The number of anilines is 1. The van der Waals surface area contributed by atoms with E-state index in [0.717, 1.165) is 0 Å². The fourth-order valence-electron chi connectivity index (χ4n) is 1.68. The second kappa shape index (κ2) is 5.66. The molecule has 6 nitrogen and oxygen atoms in total. The molecular formula is C13H10ClN3O3. The summed E-state index contributed by atoms with van der Waals surface area (Å²) in [5.41, 5.74) is 0.351. The van der Waals surface area contributed by atoms with E-state index in [1.165, 1.54) is 29.3 Å². The third kappa shape index (κ3) is 2.60. The summed E-state index contributed by atoms with van der Waals surface area (Å²) in [5, 5.41) is 10.7. The first kappa shape index (κ1) is 14.0. The number of carbonyl (C=O) groups is 1. The lowest BCUT2D eigenvalue weighted by atomic mass is 10.1. The maximum Gasteiger partial charge on any atom is 0.288 e. The number of hydrogen-bond acceptors (Lipinski definition) is 4. The number of rotatable bonds is 3. The lowest BCUT2D eigenvalue weighted by molar-refractivity contribution is -0.384. The summed E-state index contributed by atoms with van der Waals surface area (Å²) in [6.07, 6.45) is 3.10. The molecule has 0 aliphatic heterocycles. The average Bonchev–Trinajstić information content (AvgIpc) is 2.46. The Balaban J connectivity index is 2.40. The van der Waals surface area contributed by atoms with Crippen molar-refractivity contribution in [1.29, 1.82) is 0 Å². The van der Waals surface area contributed by atoms with Crippen molar-refractivity contribution in [2.45, 2.75) is 0 Å². The molecule has 0 atom stereocenters. The Morgan fingerprint density at radius 1 is 1.35 bits per heavy atom. The van der Waals surface area contributed by atoms with Crippen molar-refractivity contribution in [3.8, 4) is 0 Å². The van der Waals surface area contributed by atoms with E-state index in [1.807, 2.05) is 0 Å². The van der Waals surface area contributed by atoms with E-state index in [4.69, 9.17) is 11.6 Å². The molecule has 0 aliphatic rings. The number of benzene rings is 1. The number of amides is 1. The molecule has 0 aliphatic carbocycles. The number of hydrogen-bond donors (Lipinski definition) is 0. The zero-order valence-electron chi connectivity index (χ0n) is 10.5. The van der Waals surface area contributed by atoms with Gasteiger partial charge in [0.2, 0.25) is 0 Å². The Bertz CT molecular complexity index is 661. The van der Waals surface area contributed by atoms with Crippen LogP contribution in [0.5, 0.6) is 0 Å². The van der Waals surface area contributed by atoms with E-state index in [0.29, 0.717) is 5.69 Å². The molecule has 1 amide bonds. The largest absolute Gasteiger partial charge is 0.310 e. The van der Waals surface area contributed by atoms with Gasteiger partial charge >= 0.3 is 0 Å². The van der Waals surface area contributed by atoms with Crippen LogP contribution in [-0.4, -0.2) is 22.9 Å². The number of halogens is 1. The minimum absolute atomic E-state index is 0.0761. The summed E-state index contributed by atoms with van der Waals surface area (Å²) in [5.74, 6) is -0.438. The molecule has 1 heterocycles. The van der Waals surface area contributed by atoms with Gasteiger partial charge < -0.3 is 4.90 Å². The van der Waals surface area contributed by atoms with E-state index >= 15 is 0 Å². The van der Waals surface area contributed by atoms with E-state index < -0.39 is 10.8 Å². The van der Waals surface area contributed by atoms with Crippen molar-refractivity contribution in [3.63, 3.8) is 0 Å². The second-order valence-electron chi connectivity index (χ2n) is 3.97. The lowest BCUT2D eigenvalue weighted by Gasteiger charge is -2.17. The van der Waals surface area contributed by atoms with Gasteiger partial charge in [-0.3, -0.25) is 19.9 Å². The van der Waals surface area contributed by atoms with Crippen LogP contribution in [-0.2, 0) is 0 Å². The van der Waals surface area contributed by atoms with Crippen LogP contribution in [0.15, 0.2) is 42.7 Å². The monoisotopic (exact) mass is 291 g/mol. The van der Waals surface area contributed by atoms with Gasteiger partial charge in [0.25, 0.3) is 11.6 Å². The van der Waals surface area contributed by atoms with Crippen molar-refractivity contribution in [2.24, 2.45) is 0 Å². The predicted octanol–water partition coefficient (Wildman–Crippen LogP) is 2.92. The van der Waals surface area contributed by atoms with Gasteiger partial charge in [0, 0.05) is 19.3 Å². The van der Waals surface area contributed by atoms with Crippen molar-refractivity contribution in [1.82, 2.24) is 4.98 Å². The summed E-state index contributed by atoms with van der Waals surface area (Å²) in [6, 6.07) is 7.52. The molecule has 0 unspecified atom stereocenters. The second-order valence-corrected chi connectivity index (χ2v) is 4.35. The highest BCUT2D eigenvalue weighted by Crippen LogP contribution is 2.29. The quantitative estimate of drug-likeness (QED) is 0.643. The zero-order chi connectivity index (χ0) is 14.7. The number of nitro benzene ring substituents is 1. The summed E-state index contributed by atoms with van der Waals surface area (Å²) in [7, 11) is 1.55. The van der Waals surface area contributed by atoms with Crippen LogP contribution in [0.1, 0.15) is 10.4 Å². The highest BCUT2D eigenvalue weighted by atomic mass is 35.5. The molecule has 0 saturated carbocycles. The molecule has 0 saturated heterocycles. The molecule has 0 radical (unpaired) electrons. The molecule has 2 rings (SSSR count). The van der Waals surface area contributed by atoms with Gasteiger partial charge in [-0.1, -0.05) is 17.7 Å². The molecule has 0 spiro atoms. The van der Waals surface area contributed by atoms with Crippen molar-refractivity contribution in [3.05, 3.63) is 63.4 Å². The first-order valence-corrected chi connectivity index (χ1v) is 6.01. The van der Waals surface area contributed by atoms with Gasteiger partial charge in [-0.05, 0) is 18.2 Å². The Kier molecular flexibility index (Phi) is 3.95. The highest BCUT2D eigenvalue weighted by molar-refractivity contribution is 6.36. The van der Waals surface area contributed by atoms with Gasteiger partial charge in [-0.15, -0.1) is 0 Å². The minimum atomic E-state index is -0.622. The zero-order valence-corrected chi connectivity index (χ0v) is 11.2. The van der Waals surface area contributed by atoms with Gasteiger partial charge in [0.05, 0.1) is 22.4 Å². The lowest BCUT2D eigenvalue weighted by Crippen LogP contribution is -2.26. The molecule has 1 aromatic heterocycles. The standard InChI is InChI=1S/C13H10ClN3O3/c1-16(9-4-3-7-15-8-9)13(18)10-5-2-6-11(12(10)14)17(19)20/h2-8H,1H3. The molecule has 102 valence electrons. The van der Waals surface area contributed by atoms with Crippen LogP contribution >= 0.6 is 11.6 Å². The topological polar surface area (TPSA) is 76.3 Å². The van der Waals surface area contributed by atoms with Crippen LogP contribution in [0, 0.1) is 10.1 Å². The van der Waals surface area contributed by atoms with Crippen LogP contribution in [0.2, 0.25) is 5.02 Å². The molecule has 7 heteroatoms. The Hall–Kier alpha value is -2.47. The minimum Gasteiger partial charge on any atom is -0.310 e. The van der Waals surface area contributed by atoms with Gasteiger partial charge in [-0.25, -0.2) is 0 Å². The number of nitro groups is 1. The van der Waals surface area contributed by atoms with Gasteiger partial charge in [-0.2, -0.15) is 0 Å². The maximum atomic E-state index is 12.3. The first-order chi connectivity index (χ1) is 9.52. The fraction of sp³-hybridized carbons (Fsp3) is 0.0769.